The van der Waals surface area contributed by atoms with Crippen molar-refractivity contribution in [3.8, 4) is 5.75 Å². The molecule has 2 aromatic carbocycles. The van der Waals surface area contributed by atoms with Gasteiger partial charge >= 0.3 is 0 Å². The summed E-state index contributed by atoms with van der Waals surface area (Å²) in [7, 11) is 1.58. The van der Waals surface area contributed by atoms with Gasteiger partial charge in [0.15, 0.2) is 0 Å². The summed E-state index contributed by atoms with van der Waals surface area (Å²) in [6.07, 6.45) is 1.14. The summed E-state index contributed by atoms with van der Waals surface area (Å²) in [4.78, 5) is 27.3. The van der Waals surface area contributed by atoms with Gasteiger partial charge in [-0.25, -0.2) is 0 Å². The van der Waals surface area contributed by atoms with E-state index in [0.29, 0.717) is 29.5 Å². The highest BCUT2D eigenvalue weighted by molar-refractivity contribution is 6.30. The van der Waals surface area contributed by atoms with E-state index >= 15 is 0 Å². The summed E-state index contributed by atoms with van der Waals surface area (Å²) in [6.45, 7) is 2.88. The largest absolute Gasteiger partial charge is 0.495 e. The van der Waals surface area contributed by atoms with E-state index in [1.807, 2.05) is 30.3 Å². The molecule has 2 amide bonds. The lowest BCUT2D eigenvalue weighted by molar-refractivity contribution is -0.118. The number of rotatable bonds is 6. The predicted octanol–water partition coefficient (Wildman–Crippen LogP) is 2.81. The maximum Gasteiger partial charge on any atom is 0.228 e. The molecule has 27 heavy (non-hydrogen) atoms. The Morgan fingerprint density at radius 3 is 2.48 bits per heavy atom. The van der Waals surface area contributed by atoms with Crippen molar-refractivity contribution in [2.75, 3.05) is 43.5 Å². The third kappa shape index (κ3) is 4.92. The molecule has 3 rings (SSSR count). The van der Waals surface area contributed by atoms with Crippen LogP contribution in [-0.4, -0.2) is 50.5 Å². The number of hydrogen-bond acceptors (Lipinski definition) is 4. The number of amides is 2. The Morgan fingerprint density at radius 1 is 1.15 bits per heavy atom. The first-order chi connectivity index (χ1) is 13.1. The van der Waals surface area contributed by atoms with E-state index in [2.05, 4.69) is 10.2 Å². The highest BCUT2D eigenvalue weighted by Crippen LogP contribution is 2.30. The van der Waals surface area contributed by atoms with E-state index in [0.717, 1.165) is 30.8 Å². The second-order valence-corrected chi connectivity index (χ2v) is 6.80. The molecule has 0 radical (unpaired) electrons. The van der Waals surface area contributed by atoms with Crippen molar-refractivity contribution in [1.82, 2.24) is 4.90 Å². The minimum atomic E-state index is -0.126. The van der Waals surface area contributed by atoms with E-state index < -0.39 is 0 Å². The monoisotopic (exact) mass is 387 g/mol. The average Bonchev–Trinajstić information content (AvgIpc) is 2.70. The van der Waals surface area contributed by atoms with Crippen LogP contribution in [0.4, 0.5) is 11.4 Å². The molecule has 0 unspecified atom stereocenters. The van der Waals surface area contributed by atoms with Crippen LogP contribution in [0, 0.1) is 0 Å². The van der Waals surface area contributed by atoms with Crippen molar-refractivity contribution in [3.63, 3.8) is 0 Å². The van der Waals surface area contributed by atoms with Crippen molar-refractivity contribution in [3.05, 3.63) is 53.1 Å². The second kappa shape index (κ2) is 8.77. The van der Waals surface area contributed by atoms with Crippen molar-refractivity contribution in [1.29, 1.82) is 0 Å². The van der Waals surface area contributed by atoms with Crippen molar-refractivity contribution < 1.29 is 14.3 Å². The summed E-state index contributed by atoms with van der Waals surface area (Å²) in [5.41, 5.74) is 2.51. The van der Waals surface area contributed by atoms with Crippen LogP contribution >= 0.6 is 11.6 Å². The first-order valence-electron chi connectivity index (χ1n) is 8.75. The lowest BCUT2D eigenvalue weighted by Gasteiger charge is -2.34. The molecule has 0 bridgehead atoms. The van der Waals surface area contributed by atoms with Gasteiger partial charge in [-0.3, -0.25) is 9.59 Å². The Labute approximate surface area is 163 Å². The summed E-state index contributed by atoms with van der Waals surface area (Å²) < 4.78 is 5.38. The van der Waals surface area contributed by atoms with E-state index in [1.165, 1.54) is 0 Å². The van der Waals surface area contributed by atoms with E-state index in [1.54, 1.807) is 24.1 Å². The standard InChI is InChI=1S/C20H22ClN3O3/c1-27-19-7-6-17(24-10-8-23(14-25)9-11-24)13-18(19)22-20(26)12-15-2-4-16(21)5-3-15/h2-7,13-14H,8-12H2,1H3,(H,22,26). The number of piperazine rings is 1. The quantitative estimate of drug-likeness (QED) is 0.774. The predicted molar refractivity (Wildman–Crippen MR) is 107 cm³/mol. The topological polar surface area (TPSA) is 61.9 Å². The molecule has 1 aliphatic rings. The van der Waals surface area contributed by atoms with Crippen LogP contribution in [0.5, 0.6) is 5.75 Å². The van der Waals surface area contributed by atoms with Gasteiger partial charge in [-0.05, 0) is 35.9 Å². The zero-order valence-electron chi connectivity index (χ0n) is 15.2. The molecule has 2 aromatic rings. The number of hydrogen-bond donors (Lipinski definition) is 1. The molecule has 0 atom stereocenters. The van der Waals surface area contributed by atoms with Gasteiger partial charge in [-0.2, -0.15) is 0 Å². The SMILES string of the molecule is COc1ccc(N2CCN(C=O)CC2)cc1NC(=O)Cc1ccc(Cl)cc1. The van der Waals surface area contributed by atoms with Crippen LogP contribution in [-0.2, 0) is 16.0 Å². The molecule has 1 heterocycles. The van der Waals surface area contributed by atoms with E-state index in [4.69, 9.17) is 16.3 Å². The molecule has 1 fully saturated rings. The molecule has 0 saturated carbocycles. The van der Waals surface area contributed by atoms with Crippen LogP contribution in [0.2, 0.25) is 5.02 Å². The number of nitrogens with one attached hydrogen (secondary N) is 1. The van der Waals surface area contributed by atoms with Crippen LogP contribution in [0.15, 0.2) is 42.5 Å². The third-order valence-electron chi connectivity index (χ3n) is 4.56. The molecule has 1 saturated heterocycles. The summed E-state index contributed by atoms with van der Waals surface area (Å²) in [5, 5.41) is 3.58. The Kier molecular flexibility index (Phi) is 6.19. The van der Waals surface area contributed by atoms with Gasteiger partial charge in [-0.15, -0.1) is 0 Å². The fraction of sp³-hybridized carbons (Fsp3) is 0.300. The number of anilines is 2. The molecule has 7 heteroatoms. The van der Waals surface area contributed by atoms with Crippen LogP contribution in [0.3, 0.4) is 0 Å². The number of methoxy groups -OCH3 is 1. The lowest BCUT2D eigenvalue weighted by Crippen LogP contribution is -2.45. The van der Waals surface area contributed by atoms with Gasteiger partial charge in [0.1, 0.15) is 5.75 Å². The molecule has 1 N–H and O–H groups in total. The highest BCUT2D eigenvalue weighted by atomic mass is 35.5. The van der Waals surface area contributed by atoms with Crippen molar-refractivity contribution in [2.24, 2.45) is 0 Å². The first kappa shape index (κ1) is 19.0. The van der Waals surface area contributed by atoms with Crippen molar-refractivity contribution >= 4 is 35.3 Å². The molecule has 142 valence electrons. The van der Waals surface area contributed by atoms with Gasteiger partial charge in [0.25, 0.3) is 0 Å². The molecule has 0 aromatic heterocycles. The van der Waals surface area contributed by atoms with E-state index in [-0.39, 0.29) is 12.3 Å². The average molecular weight is 388 g/mol. The van der Waals surface area contributed by atoms with Crippen LogP contribution in [0.1, 0.15) is 5.56 Å². The number of benzene rings is 2. The highest BCUT2D eigenvalue weighted by Gasteiger charge is 2.17. The summed E-state index contributed by atoms with van der Waals surface area (Å²) in [6, 6.07) is 12.9. The molecular formula is C20H22ClN3O3. The summed E-state index contributed by atoms with van der Waals surface area (Å²) in [5.74, 6) is 0.480. The maximum absolute atomic E-state index is 12.4. The fourth-order valence-electron chi connectivity index (χ4n) is 3.06. The number of ether oxygens (including phenoxy) is 1. The maximum atomic E-state index is 12.4. The molecule has 1 aliphatic heterocycles. The first-order valence-corrected chi connectivity index (χ1v) is 9.13. The molecule has 0 aliphatic carbocycles. The Hall–Kier alpha value is -2.73. The molecular weight excluding hydrogens is 366 g/mol. The van der Waals surface area contributed by atoms with Crippen LogP contribution in [0.25, 0.3) is 0 Å². The minimum absolute atomic E-state index is 0.126. The Bertz CT molecular complexity index is 803. The Balaban J connectivity index is 1.70. The number of carbonyl (C=O) groups excluding carboxylic acids is 2. The second-order valence-electron chi connectivity index (χ2n) is 6.36. The van der Waals surface area contributed by atoms with E-state index in [9.17, 15) is 9.59 Å². The number of carbonyl (C=O) groups is 2. The molecule has 0 spiro atoms. The van der Waals surface area contributed by atoms with Gasteiger partial charge in [0, 0.05) is 36.9 Å². The lowest BCUT2D eigenvalue weighted by atomic mass is 10.1. The van der Waals surface area contributed by atoms with Gasteiger partial charge < -0.3 is 19.9 Å². The minimum Gasteiger partial charge on any atom is -0.495 e. The van der Waals surface area contributed by atoms with Gasteiger partial charge in [-0.1, -0.05) is 23.7 Å². The number of halogens is 1. The zero-order chi connectivity index (χ0) is 19.2. The summed E-state index contributed by atoms with van der Waals surface area (Å²) >= 11 is 5.88. The third-order valence-corrected chi connectivity index (χ3v) is 4.82. The van der Waals surface area contributed by atoms with Gasteiger partial charge in [0.05, 0.1) is 19.2 Å². The van der Waals surface area contributed by atoms with Crippen molar-refractivity contribution in [2.45, 2.75) is 6.42 Å². The Morgan fingerprint density at radius 2 is 1.85 bits per heavy atom. The zero-order valence-corrected chi connectivity index (χ0v) is 15.9. The smallest absolute Gasteiger partial charge is 0.228 e. The number of nitrogens with zero attached hydrogens (tertiary/aromatic N) is 2. The van der Waals surface area contributed by atoms with Crippen LogP contribution < -0.4 is 15.0 Å². The normalized spacial score (nSPS) is 14.0. The fourth-order valence-corrected chi connectivity index (χ4v) is 3.18. The van der Waals surface area contributed by atoms with Gasteiger partial charge in [0.2, 0.25) is 12.3 Å². The molecule has 6 nitrogen and oxygen atoms in total.